The number of hydrogen-bond acceptors (Lipinski definition) is 5. The number of rotatable bonds is 5. The summed E-state index contributed by atoms with van der Waals surface area (Å²) in [4.78, 5) is 17.0. The van der Waals surface area contributed by atoms with E-state index in [9.17, 15) is 4.79 Å². The largest absolute Gasteiger partial charge is 0.493 e. The Labute approximate surface area is 154 Å². The maximum absolute atomic E-state index is 12.8. The zero-order valence-corrected chi connectivity index (χ0v) is 15.3. The van der Waals surface area contributed by atoms with Crippen molar-refractivity contribution in [1.82, 2.24) is 9.80 Å². The molecule has 1 amide bonds. The van der Waals surface area contributed by atoms with Crippen LogP contribution in [-0.2, 0) is 6.54 Å². The summed E-state index contributed by atoms with van der Waals surface area (Å²) >= 11 is 0. The number of carbonyl (C=O) groups excluding carboxylic acids is 1. The summed E-state index contributed by atoms with van der Waals surface area (Å²) in [6.45, 7) is 3.94. The van der Waals surface area contributed by atoms with Gasteiger partial charge in [-0.25, -0.2) is 0 Å². The first-order valence-corrected chi connectivity index (χ1v) is 8.69. The third-order valence-corrected chi connectivity index (χ3v) is 4.65. The number of hydrogen-bond donors (Lipinski definition) is 1. The van der Waals surface area contributed by atoms with Crippen molar-refractivity contribution >= 4 is 11.6 Å². The summed E-state index contributed by atoms with van der Waals surface area (Å²) in [5.74, 6) is 1.21. The molecular weight excluding hydrogens is 330 g/mol. The average Bonchev–Trinajstić information content (AvgIpc) is 2.67. The monoisotopic (exact) mass is 355 g/mol. The molecule has 0 radical (unpaired) electrons. The molecule has 0 spiro atoms. The van der Waals surface area contributed by atoms with Crippen molar-refractivity contribution < 1.29 is 14.3 Å². The fraction of sp³-hybridized carbons (Fsp3) is 0.350. The van der Waals surface area contributed by atoms with Gasteiger partial charge >= 0.3 is 0 Å². The molecule has 1 aliphatic heterocycles. The van der Waals surface area contributed by atoms with Gasteiger partial charge in [0.05, 0.1) is 14.2 Å². The number of piperazine rings is 1. The van der Waals surface area contributed by atoms with Gasteiger partial charge in [0.2, 0.25) is 0 Å². The summed E-state index contributed by atoms with van der Waals surface area (Å²) < 4.78 is 10.5. The third kappa shape index (κ3) is 4.08. The Kier molecular flexibility index (Phi) is 5.63. The van der Waals surface area contributed by atoms with Crippen molar-refractivity contribution in [3.63, 3.8) is 0 Å². The third-order valence-electron chi connectivity index (χ3n) is 4.65. The number of nitrogens with zero attached hydrogens (tertiary/aromatic N) is 2. The van der Waals surface area contributed by atoms with Crippen LogP contribution in [0.2, 0.25) is 0 Å². The molecule has 0 atom stereocenters. The second-order valence-electron chi connectivity index (χ2n) is 6.38. The second kappa shape index (κ2) is 8.10. The van der Waals surface area contributed by atoms with E-state index in [1.54, 1.807) is 32.4 Å². The fourth-order valence-corrected chi connectivity index (χ4v) is 3.21. The summed E-state index contributed by atoms with van der Waals surface area (Å²) in [6.07, 6.45) is 0. The smallest absolute Gasteiger partial charge is 0.254 e. The highest BCUT2D eigenvalue weighted by atomic mass is 16.5. The first-order chi connectivity index (χ1) is 12.6. The predicted octanol–water partition coefficient (Wildman–Crippen LogP) is 2.24. The molecule has 1 heterocycles. The van der Waals surface area contributed by atoms with Gasteiger partial charge in [-0.15, -0.1) is 0 Å². The van der Waals surface area contributed by atoms with Gasteiger partial charge in [-0.3, -0.25) is 9.69 Å². The van der Waals surface area contributed by atoms with Crippen molar-refractivity contribution in [1.29, 1.82) is 0 Å². The molecule has 2 aromatic carbocycles. The molecule has 0 bridgehead atoms. The number of carbonyl (C=O) groups is 1. The van der Waals surface area contributed by atoms with Gasteiger partial charge in [-0.1, -0.05) is 12.1 Å². The van der Waals surface area contributed by atoms with Crippen LogP contribution in [0.4, 0.5) is 5.69 Å². The van der Waals surface area contributed by atoms with Crippen LogP contribution in [0.5, 0.6) is 11.5 Å². The van der Waals surface area contributed by atoms with Crippen molar-refractivity contribution in [2.75, 3.05) is 46.1 Å². The van der Waals surface area contributed by atoms with Crippen molar-refractivity contribution in [3.05, 3.63) is 53.6 Å². The van der Waals surface area contributed by atoms with E-state index in [1.165, 1.54) is 5.56 Å². The molecule has 0 aromatic heterocycles. The van der Waals surface area contributed by atoms with E-state index in [2.05, 4.69) is 11.0 Å². The second-order valence-corrected chi connectivity index (χ2v) is 6.38. The van der Waals surface area contributed by atoms with Gasteiger partial charge in [0.25, 0.3) is 5.91 Å². The zero-order chi connectivity index (χ0) is 18.5. The fourth-order valence-electron chi connectivity index (χ4n) is 3.21. The van der Waals surface area contributed by atoms with E-state index >= 15 is 0 Å². The normalized spacial score (nSPS) is 14.9. The molecule has 3 rings (SSSR count). The van der Waals surface area contributed by atoms with E-state index in [4.69, 9.17) is 15.2 Å². The number of nitrogen functional groups attached to an aromatic ring is 1. The Morgan fingerprint density at radius 2 is 1.73 bits per heavy atom. The first kappa shape index (κ1) is 18.1. The molecule has 0 unspecified atom stereocenters. The molecule has 1 fully saturated rings. The van der Waals surface area contributed by atoms with Gasteiger partial charge in [0.15, 0.2) is 11.5 Å². The topological polar surface area (TPSA) is 68.0 Å². The molecule has 1 saturated heterocycles. The van der Waals surface area contributed by atoms with E-state index in [0.29, 0.717) is 30.2 Å². The van der Waals surface area contributed by atoms with Crippen LogP contribution in [0.1, 0.15) is 15.9 Å². The maximum atomic E-state index is 12.8. The molecule has 6 heteroatoms. The van der Waals surface area contributed by atoms with Crippen LogP contribution >= 0.6 is 0 Å². The van der Waals surface area contributed by atoms with E-state index in [1.807, 2.05) is 23.1 Å². The number of benzene rings is 2. The van der Waals surface area contributed by atoms with Gasteiger partial charge in [0.1, 0.15) is 0 Å². The molecular formula is C20H25N3O3. The molecule has 1 aliphatic rings. The van der Waals surface area contributed by atoms with Crippen LogP contribution in [0.3, 0.4) is 0 Å². The maximum Gasteiger partial charge on any atom is 0.254 e. The lowest BCUT2D eigenvalue weighted by atomic mass is 10.1. The quantitative estimate of drug-likeness (QED) is 0.833. The lowest BCUT2D eigenvalue weighted by Gasteiger charge is -2.35. The first-order valence-electron chi connectivity index (χ1n) is 8.69. The average molecular weight is 355 g/mol. The Balaban J connectivity index is 1.60. The highest BCUT2D eigenvalue weighted by Crippen LogP contribution is 2.28. The van der Waals surface area contributed by atoms with Gasteiger partial charge < -0.3 is 20.1 Å². The van der Waals surface area contributed by atoms with E-state index < -0.39 is 0 Å². The van der Waals surface area contributed by atoms with Gasteiger partial charge in [-0.05, 0) is 35.9 Å². The number of nitrogens with two attached hydrogens (primary N) is 1. The minimum atomic E-state index is 0.0227. The van der Waals surface area contributed by atoms with Crippen molar-refractivity contribution in [3.8, 4) is 11.5 Å². The molecule has 26 heavy (non-hydrogen) atoms. The minimum Gasteiger partial charge on any atom is -0.493 e. The number of methoxy groups -OCH3 is 2. The SMILES string of the molecule is COc1ccc(C(=O)N2CCN(Cc3cccc(N)c3)CC2)cc1OC. The Morgan fingerprint density at radius 3 is 2.38 bits per heavy atom. The standard InChI is InChI=1S/C20H25N3O3/c1-25-18-7-6-16(13-19(18)26-2)20(24)23-10-8-22(9-11-23)14-15-4-3-5-17(21)12-15/h3-7,12-13H,8-11,14,21H2,1-2H3. The highest BCUT2D eigenvalue weighted by molar-refractivity contribution is 5.95. The number of anilines is 1. The Morgan fingerprint density at radius 1 is 1.00 bits per heavy atom. The lowest BCUT2D eigenvalue weighted by Crippen LogP contribution is -2.48. The van der Waals surface area contributed by atoms with Crippen LogP contribution in [-0.4, -0.2) is 56.1 Å². The van der Waals surface area contributed by atoms with Crippen LogP contribution in [0.25, 0.3) is 0 Å². The van der Waals surface area contributed by atoms with Crippen molar-refractivity contribution in [2.45, 2.75) is 6.54 Å². The van der Waals surface area contributed by atoms with Crippen molar-refractivity contribution in [2.24, 2.45) is 0 Å². The number of ether oxygens (including phenoxy) is 2. The van der Waals surface area contributed by atoms with Crippen LogP contribution in [0.15, 0.2) is 42.5 Å². The van der Waals surface area contributed by atoms with Crippen LogP contribution < -0.4 is 15.2 Å². The molecule has 138 valence electrons. The summed E-state index contributed by atoms with van der Waals surface area (Å²) in [5.41, 5.74) is 8.44. The summed E-state index contributed by atoms with van der Waals surface area (Å²) in [6, 6.07) is 13.2. The highest BCUT2D eigenvalue weighted by Gasteiger charge is 2.23. The predicted molar refractivity (Wildman–Crippen MR) is 102 cm³/mol. The molecule has 0 aliphatic carbocycles. The molecule has 2 N–H and O–H groups in total. The Hall–Kier alpha value is -2.73. The van der Waals surface area contributed by atoms with Crippen LogP contribution in [0, 0.1) is 0 Å². The number of amides is 1. The summed E-state index contributed by atoms with van der Waals surface area (Å²) in [7, 11) is 3.15. The molecule has 6 nitrogen and oxygen atoms in total. The Bertz CT molecular complexity index is 771. The molecule has 2 aromatic rings. The van der Waals surface area contributed by atoms with Gasteiger partial charge in [0, 0.05) is 44.0 Å². The zero-order valence-electron chi connectivity index (χ0n) is 15.3. The van der Waals surface area contributed by atoms with E-state index in [0.717, 1.165) is 25.3 Å². The lowest BCUT2D eigenvalue weighted by molar-refractivity contribution is 0.0628. The minimum absolute atomic E-state index is 0.0227. The van der Waals surface area contributed by atoms with Gasteiger partial charge in [-0.2, -0.15) is 0 Å². The molecule has 0 saturated carbocycles. The summed E-state index contributed by atoms with van der Waals surface area (Å²) in [5, 5.41) is 0. The van der Waals surface area contributed by atoms with E-state index in [-0.39, 0.29) is 5.91 Å².